The summed E-state index contributed by atoms with van der Waals surface area (Å²) in [5, 5.41) is 0. The highest BCUT2D eigenvalue weighted by atomic mass is 32.2. The van der Waals surface area contributed by atoms with Crippen LogP contribution >= 0.6 is 0 Å². The Kier molecular flexibility index (Phi) is 9.82. The zero-order chi connectivity index (χ0) is 30.4. The molecule has 5 rings (SSSR count). The zero-order valence-corrected chi connectivity index (χ0v) is 25.8. The summed E-state index contributed by atoms with van der Waals surface area (Å²) < 4.78 is 33.6. The quantitative estimate of drug-likeness (QED) is 0.293. The Morgan fingerprint density at radius 2 is 1.53 bits per heavy atom. The van der Waals surface area contributed by atoms with Gasteiger partial charge in [-0.3, -0.25) is 9.59 Å². The fourth-order valence-corrected chi connectivity index (χ4v) is 7.54. The number of hydrogen-bond donors (Lipinski definition) is 0. The van der Waals surface area contributed by atoms with E-state index in [9.17, 15) is 18.0 Å². The van der Waals surface area contributed by atoms with Gasteiger partial charge in [0.2, 0.25) is 21.8 Å². The van der Waals surface area contributed by atoms with Gasteiger partial charge in [-0.2, -0.15) is 4.31 Å². The van der Waals surface area contributed by atoms with E-state index in [-0.39, 0.29) is 47.7 Å². The molecule has 0 spiro atoms. The van der Waals surface area contributed by atoms with Crippen LogP contribution in [0.25, 0.3) is 0 Å². The van der Waals surface area contributed by atoms with Crippen LogP contribution in [0, 0.1) is 5.92 Å². The smallest absolute Gasteiger partial charge is 0.243 e. The maximum atomic E-state index is 14.0. The van der Waals surface area contributed by atoms with Gasteiger partial charge in [0, 0.05) is 38.1 Å². The number of nitrogens with zero attached hydrogens (tertiary/aromatic N) is 3. The first kappa shape index (κ1) is 30.8. The minimum atomic E-state index is -3.84. The van der Waals surface area contributed by atoms with Gasteiger partial charge in [0.25, 0.3) is 0 Å². The second kappa shape index (κ2) is 13.7. The largest absolute Gasteiger partial charge is 0.497 e. The van der Waals surface area contributed by atoms with Crippen molar-refractivity contribution >= 4 is 21.8 Å². The predicted molar refractivity (Wildman–Crippen MR) is 166 cm³/mol. The number of carbonyl (C=O) groups is 2. The summed E-state index contributed by atoms with van der Waals surface area (Å²) in [6, 6.07) is 26.0. The van der Waals surface area contributed by atoms with E-state index in [1.807, 2.05) is 59.2 Å². The van der Waals surface area contributed by atoms with E-state index < -0.39 is 10.0 Å². The van der Waals surface area contributed by atoms with E-state index in [2.05, 4.69) is 12.1 Å². The third kappa shape index (κ3) is 7.28. The Morgan fingerprint density at radius 1 is 0.907 bits per heavy atom. The number of hydrogen-bond acceptors (Lipinski definition) is 5. The lowest BCUT2D eigenvalue weighted by Gasteiger charge is -2.39. The van der Waals surface area contributed by atoms with E-state index >= 15 is 0 Å². The van der Waals surface area contributed by atoms with Crippen molar-refractivity contribution in [2.24, 2.45) is 5.92 Å². The van der Waals surface area contributed by atoms with E-state index in [0.29, 0.717) is 38.9 Å². The summed E-state index contributed by atoms with van der Waals surface area (Å²) in [4.78, 5) is 31.3. The number of piperidine rings is 1. The Morgan fingerprint density at radius 3 is 2.14 bits per heavy atom. The highest BCUT2D eigenvalue weighted by molar-refractivity contribution is 7.89. The minimum absolute atomic E-state index is 0.0294. The predicted octanol–water partition coefficient (Wildman–Crippen LogP) is 4.92. The Hall–Kier alpha value is -3.69. The maximum Gasteiger partial charge on any atom is 0.243 e. The third-order valence-corrected chi connectivity index (χ3v) is 10.4. The van der Waals surface area contributed by atoms with Gasteiger partial charge in [0.15, 0.2) is 0 Å². The van der Waals surface area contributed by atoms with Crippen LogP contribution in [0.2, 0.25) is 0 Å². The second-order valence-electron chi connectivity index (χ2n) is 11.4. The number of likely N-dealkylation sites (tertiary alicyclic amines) is 1. The number of benzene rings is 3. The normalized spacial score (nSPS) is 18.8. The molecule has 43 heavy (non-hydrogen) atoms. The van der Waals surface area contributed by atoms with Gasteiger partial charge < -0.3 is 14.5 Å². The van der Waals surface area contributed by atoms with Crippen LogP contribution in [-0.2, 0) is 26.2 Å². The number of sulfonamides is 1. The van der Waals surface area contributed by atoms with Crippen LogP contribution < -0.4 is 4.74 Å². The maximum absolute atomic E-state index is 14.0. The molecule has 2 amide bonds. The van der Waals surface area contributed by atoms with Crippen LogP contribution in [0.1, 0.15) is 49.7 Å². The molecule has 2 aliphatic rings. The molecule has 8 nitrogen and oxygen atoms in total. The molecule has 1 heterocycles. The van der Waals surface area contributed by atoms with E-state index in [1.165, 1.54) is 9.87 Å². The number of methoxy groups -OCH3 is 1. The first-order chi connectivity index (χ1) is 20.8. The van der Waals surface area contributed by atoms with Crippen molar-refractivity contribution in [2.45, 2.75) is 56.0 Å². The molecule has 2 fully saturated rings. The second-order valence-corrected chi connectivity index (χ2v) is 13.4. The lowest BCUT2D eigenvalue weighted by Crippen LogP contribution is -2.51. The van der Waals surface area contributed by atoms with Crippen molar-refractivity contribution in [3.8, 4) is 5.75 Å². The van der Waals surface area contributed by atoms with Crippen molar-refractivity contribution in [2.75, 3.05) is 33.3 Å². The van der Waals surface area contributed by atoms with Gasteiger partial charge in [-0.15, -0.1) is 0 Å². The molecule has 0 aromatic heterocycles. The van der Waals surface area contributed by atoms with Gasteiger partial charge in [-0.25, -0.2) is 8.42 Å². The molecule has 1 aliphatic carbocycles. The van der Waals surface area contributed by atoms with Crippen molar-refractivity contribution in [1.82, 2.24) is 14.1 Å². The van der Waals surface area contributed by atoms with Crippen LogP contribution in [-0.4, -0.2) is 73.7 Å². The van der Waals surface area contributed by atoms with Gasteiger partial charge in [0.1, 0.15) is 5.75 Å². The van der Waals surface area contributed by atoms with Gasteiger partial charge in [0.05, 0.1) is 18.6 Å². The van der Waals surface area contributed by atoms with Crippen molar-refractivity contribution in [3.63, 3.8) is 0 Å². The van der Waals surface area contributed by atoms with Gasteiger partial charge in [-0.05, 0) is 67.0 Å². The summed E-state index contributed by atoms with van der Waals surface area (Å²) in [7, 11) is -2.23. The lowest BCUT2D eigenvalue weighted by atomic mass is 10.0. The van der Waals surface area contributed by atoms with Crippen molar-refractivity contribution in [1.29, 1.82) is 0 Å². The average molecular weight is 604 g/mol. The van der Waals surface area contributed by atoms with E-state index in [4.69, 9.17) is 4.74 Å². The van der Waals surface area contributed by atoms with E-state index in [0.717, 1.165) is 17.7 Å². The van der Waals surface area contributed by atoms with Crippen LogP contribution in [0.3, 0.4) is 0 Å². The first-order valence-corrected chi connectivity index (χ1v) is 16.6. The summed E-state index contributed by atoms with van der Waals surface area (Å²) in [5.74, 6) is 1.01. The Balaban J connectivity index is 1.29. The first-order valence-electron chi connectivity index (χ1n) is 15.1. The molecule has 2 atom stereocenters. The van der Waals surface area contributed by atoms with Crippen LogP contribution in [0.5, 0.6) is 5.75 Å². The van der Waals surface area contributed by atoms with Gasteiger partial charge in [-0.1, -0.05) is 67.6 Å². The molecule has 0 bridgehead atoms. The summed E-state index contributed by atoms with van der Waals surface area (Å²) in [5.41, 5.74) is 2.15. The molecule has 9 heteroatoms. The number of carbonyl (C=O) groups excluding carboxylic acids is 2. The molecular weight excluding hydrogens is 562 g/mol. The molecule has 1 aliphatic heterocycles. The summed E-state index contributed by atoms with van der Waals surface area (Å²) in [6.45, 7) is 3.43. The molecule has 1 saturated carbocycles. The summed E-state index contributed by atoms with van der Waals surface area (Å²) >= 11 is 0. The molecule has 3 aromatic rings. The average Bonchev–Trinajstić information content (AvgIpc) is 3.85. The standard InChI is InChI=1S/C34H41N3O5S/c1-3-20-36(43(40,41)30-12-8-5-9-13-30)25-33(38)37(24-26-14-16-29(42-2)17-15-26)28-18-21-35(22-19-28)34(39)32-23-31(32)27-10-6-4-7-11-27/h4-17,28,31-32H,3,18-25H2,1-2H3/t31-,32-/m1/s1. The number of ether oxygens (including phenoxy) is 1. The molecule has 0 unspecified atom stereocenters. The zero-order valence-electron chi connectivity index (χ0n) is 25.0. The molecule has 228 valence electrons. The van der Waals surface area contributed by atoms with Gasteiger partial charge >= 0.3 is 0 Å². The number of amides is 2. The molecule has 3 aromatic carbocycles. The number of rotatable bonds is 12. The SMILES string of the molecule is CCCN(CC(=O)N(Cc1ccc(OC)cc1)C1CCN(C(=O)[C@@H]2C[C@@H]2c2ccccc2)CC1)S(=O)(=O)c1ccccc1. The lowest BCUT2D eigenvalue weighted by molar-refractivity contribution is -0.138. The highest BCUT2D eigenvalue weighted by Crippen LogP contribution is 2.48. The molecule has 0 radical (unpaired) electrons. The fourth-order valence-electron chi connectivity index (χ4n) is 6.03. The van der Waals surface area contributed by atoms with Crippen molar-refractivity contribution in [3.05, 3.63) is 96.1 Å². The van der Waals surface area contributed by atoms with Crippen molar-refractivity contribution < 1.29 is 22.7 Å². The van der Waals surface area contributed by atoms with E-state index in [1.54, 1.807) is 37.4 Å². The topological polar surface area (TPSA) is 87.2 Å². The molecule has 0 N–H and O–H groups in total. The highest BCUT2D eigenvalue weighted by Gasteiger charge is 2.46. The van der Waals surface area contributed by atoms with Crippen LogP contribution in [0.4, 0.5) is 0 Å². The Bertz CT molecular complexity index is 1470. The monoisotopic (exact) mass is 603 g/mol. The third-order valence-electron chi connectivity index (χ3n) is 8.55. The fraction of sp³-hybridized carbons (Fsp3) is 0.412. The molecular formula is C34H41N3O5S. The Labute approximate surface area is 255 Å². The van der Waals surface area contributed by atoms with Crippen LogP contribution in [0.15, 0.2) is 89.8 Å². The summed E-state index contributed by atoms with van der Waals surface area (Å²) in [6.07, 6.45) is 2.77. The minimum Gasteiger partial charge on any atom is -0.497 e. The molecule has 1 saturated heterocycles.